The molecule has 32 heavy (non-hydrogen) atoms. The topological polar surface area (TPSA) is 97.5 Å². The van der Waals surface area contributed by atoms with Crippen LogP contribution >= 0.6 is 20.0 Å². The second-order valence-electron chi connectivity index (χ2n) is 7.77. The molecule has 2 atom stereocenters. The predicted molar refractivity (Wildman–Crippen MR) is 128 cm³/mol. The number of nitrogens with one attached hydrogen (secondary N) is 1. The molecule has 1 heterocycles. The Bertz CT molecular complexity index is 1070. The Kier molecular flexibility index (Phi) is 9.08. The monoisotopic (exact) mass is 475 g/mol. The summed E-state index contributed by atoms with van der Waals surface area (Å²) in [6, 6.07) is 12.6. The molecule has 0 amide bonds. The lowest BCUT2D eigenvalue weighted by Gasteiger charge is -2.11. The maximum atomic E-state index is 10.5. The molecular weight excluding hydrogens is 445 g/mol. The van der Waals surface area contributed by atoms with Crippen molar-refractivity contribution in [1.82, 2.24) is 15.5 Å². The summed E-state index contributed by atoms with van der Waals surface area (Å²) in [4.78, 5) is 8.64. The van der Waals surface area contributed by atoms with E-state index in [2.05, 4.69) is 65.1 Å². The molecule has 0 radical (unpaired) electrons. The van der Waals surface area contributed by atoms with E-state index >= 15 is 0 Å². The summed E-state index contributed by atoms with van der Waals surface area (Å²) < 4.78 is 21.1. The zero-order valence-electron chi connectivity index (χ0n) is 18.8. The molecule has 0 saturated heterocycles. The summed E-state index contributed by atoms with van der Waals surface area (Å²) >= 11 is 1.56. The quantitative estimate of drug-likeness (QED) is 0.216. The first kappa shape index (κ1) is 24.7. The van der Waals surface area contributed by atoms with Crippen LogP contribution in [0.1, 0.15) is 46.4 Å². The van der Waals surface area contributed by atoms with Gasteiger partial charge in [-0.2, -0.15) is 0 Å². The van der Waals surface area contributed by atoms with Crippen molar-refractivity contribution in [3.05, 3.63) is 64.2 Å². The molecule has 2 unspecified atom stereocenters. The van der Waals surface area contributed by atoms with E-state index in [4.69, 9.17) is 9.31 Å². The summed E-state index contributed by atoms with van der Waals surface area (Å²) in [6.07, 6.45) is 0.678. The number of thioether (sulfide) groups is 1. The number of aromatic nitrogens is 2. The average Bonchev–Trinajstić information content (AvgIpc) is 3.20. The van der Waals surface area contributed by atoms with Gasteiger partial charge in [0.1, 0.15) is 0 Å². The minimum atomic E-state index is -2.83. The highest BCUT2D eigenvalue weighted by Gasteiger charge is 2.16. The Morgan fingerprint density at radius 3 is 2.66 bits per heavy atom. The van der Waals surface area contributed by atoms with Crippen LogP contribution in [-0.2, 0) is 15.6 Å². The van der Waals surface area contributed by atoms with Gasteiger partial charge in [-0.15, -0.1) is 10.2 Å². The second-order valence-corrected chi connectivity index (χ2v) is 9.88. The van der Waals surface area contributed by atoms with E-state index < -0.39 is 8.25 Å². The van der Waals surface area contributed by atoms with Crippen molar-refractivity contribution in [2.75, 3.05) is 13.2 Å². The fourth-order valence-electron chi connectivity index (χ4n) is 3.27. The summed E-state index contributed by atoms with van der Waals surface area (Å²) in [5.74, 6) is 0.521. The molecule has 9 heteroatoms. The molecule has 0 aliphatic carbocycles. The van der Waals surface area contributed by atoms with E-state index in [1.807, 2.05) is 19.1 Å². The first-order chi connectivity index (χ1) is 15.3. The van der Waals surface area contributed by atoms with Gasteiger partial charge in [-0.05, 0) is 74.5 Å². The Morgan fingerprint density at radius 2 is 1.94 bits per heavy atom. The largest absolute Gasteiger partial charge is 0.411 e. The molecule has 7 nitrogen and oxygen atoms in total. The number of nitrogens with zero attached hydrogens (tertiary/aromatic N) is 2. The van der Waals surface area contributed by atoms with E-state index in [0.29, 0.717) is 30.6 Å². The molecule has 0 bridgehead atoms. The predicted octanol–water partition coefficient (Wildman–Crippen LogP) is 5.39. The molecule has 2 N–H and O–H groups in total. The molecule has 0 spiro atoms. The minimum Gasteiger partial charge on any atom is -0.411 e. The summed E-state index contributed by atoms with van der Waals surface area (Å²) in [5.41, 5.74) is 6.93. The van der Waals surface area contributed by atoms with Crippen molar-refractivity contribution < 1.29 is 18.4 Å². The van der Waals surface area contributed by atoms with Gasteiger partial charge < -0.3 is 19.2 Å². The molecule has 0 fully saturated rings. The third-order valence-corrected chi connectivity index (χ3v) is 6.70. The second kappa shape index (κ2) is 11.8. The van der Waals surface area contributed by atoms with Gasteiger partial charge in [0.25, 0.3) is 5.22 Å². The molecule has 0 aliphatic rings. The Morgan fingerprint density at radius 1 is 1.12 bits per heavy atom. The molecular formula is C23H30N3O4PS. The van der Waals surface area contributed by atoms with Gasteiger partial charge in [0.15, 0.2) is 0 Å². The lowest BCUT2D eigenvalue weighted by Crippen LogP contribution is -2.16. The Labute approximate surface area is 193 Å². The van der Waals surface area contributed by atoms with Crippen molar-refractivity contribution in [1.29, 1.82) is 0 Å². The fourth-order valence-corrected chi connectivity index (χ4v) is 4.39. The first-order valence-corrected chi connectivity index (χ1v) is 12.7. The van der Waals surface area contributed by atoms with Crippen molar-refractivity contribution in [3.8, 4) is 11.5 Å². The molecule has 1 aromatic heterocycles. The summed E-state index contributed by atoms with van der Waals surface area (Å²) in [5, 5.41) is 12.6. The maximum Gasteiger partial charge on any atom is 0.316 e. The van der Waals surface area contributed by atoms with Crippen molar-refractivity contribution in [2.24, 2.45) is 0 Å². The van der Waals surface area contributed by atoms with Crippen LogP contribution in [0.3, 0.4) is 0 Å². The van der Waals surface area contributed by atoms with Crippen molar-refractivity contribution in [3.63, 3.8) is 0 Å². The number of rotatable bonds is 11. The normalized spacial score (nSPS) is 13.3. The Hall–Kier alpha value is -1.96. The van der Waals surface area contributed by atoms with Crippen LogP contribution in [0.5, 0.6) is 0 Å². The number of benzene rings is 2. The van der Waals surface area contributed by atoms with E-state index in [1.165, 1.54) is 16.7 Å². The zero-order chi connectivity index (χ0) is 23.1. The highest BCUT2D eigenvalue weighted by Crippen LogP contribution is 2.36. The third kappa shape index (κ3) is 7.02. The van der Waals surface area contributed by atoms with Crippen LogP contribution < -0.4 is 5.32 Å². The third-order valence-electron chi connectivity index (χ3n) is 5.26. The Balaban J connectivity index is 1.57. The van der Waals surface area contributed by atoms with Crippen LogP contribution in [0.25, 0.3) is 11.5 Å². The zero-order valence-corrected chi connectivity index (χ0v) is 20.7. The fraction of sp³-hybridized carbons (Fsp3) is 0.391. The lowest BCUT2D eigenvalue weighted by atomic mass is 10.0. The van der Waals surface area contributed by atoms with Crippen LogP contribution in [0.15, 0.2) is 46.0 Å². The first-order valence-electron chi connectivity index (χ1n) is 10.6. The maximum absolute atomic E-state index is 10.5. The van der Waals surface area contributed by atoms with E-state index in [-0.39, 0.29) is 11.9 Å². The number of hydrogen-bond acceptors (Lipinski definition) is 7. The molecule has 0 aliphatic heterocycles. The van der Waals surface area contributed by atoms with E-state index in [1.54, 1.807) is 11.8 Å². The summed E-state index contributed by atoms with van der Waals surface area (Å²) in [6.45, 7) is 10.1. The van der Waals surface area contributed by atoms with Gasteiger partial charge in [-0.3, -0.25) is 4.57 Å². The van der Waals surface area contributed by atoms with Gasteiger partial charge in [0.2, 0.25) is 5.89 Å². The summed E-state index contributed by atoms with van der Waals surface area (Å²) in [7, 11) is -2.83. The molecule has 0 saturated carbocycles. The molecule has 3 aromatic rings. The van der Waals surface area contributed by atoms with Gasteiger partial charge >= 0.3 is 8.25 Å². The van der Waals surface area contributed by atoms with E-state index in [0.717, 1.165) is 16.7 Å². The van der Waals surface area contributed by atoms with E-state index in [9.17, 15) is 4.57 Å². The highest BCUT2D eigenvalue weighted by molar-refractivity contribution is 7.99. The SMILES string of the molecule is Cc1ccc(C(C)Sc2nnc(-c3ccc(CNCCCO[PH](=O)O)cc3C)o2)cc1C. The van der Waals surface area contributed by atoms with Gasteiger partial charge in [-0.1, -0.05) is 42.1 Å². The van der Waals surface area contributed by atoms with Gasteiger partial charge in [-0.25, -0.2) is 0 Å². The van der Waals surface area contributed by atoms with Gasteiger partial charge in [0, 0.05) is 17.4 Å². The smallest absolute Gasteiger partial charge is 0.316 e. The molecule has 172 valence electrons. The molecule has 2 aromatic carbocycles. The average molecular weight is 476 g/mol. The standard InChI is InChI=1S/C23H30N3O4PS/c1-15-6-8-20(13-16(15)2)18(4)32-23-26-25-22(30-23)21-9-7-19(12-17(21)3)14-24-10-5-11-29-31(27)28/h6-9,12-13,18,24,31H,5,10-11,14H2,1-4H3,(H,27,28). The van der Waals surface area contributed by atoms with Gasteiger partial charge in [0.05, 0.1) is 6.61 Å². The number of hydrogen-bond donors (Lipinski definition) is 2. The van der Waals surface area contributed by atoms with Crippen LogP contribution in [0.2, 0.25) is 0 Å². The van der Waals surface area contributed by atoms with Crippen LogP contribution in [0.4, 0.5) is 0 Å². The number of aryl methyl sites for hydroxylation is 3. The van der Waals surface area contributed by atoms with Crippen LogP contribution in [0, 0.1) is 20.8 Å². The van der Waals surface area contributed by atoms with Crippen molar-refractivity contribution in [2.45, 2.75) is 51.1 Å². The lowest BCUT2D eigenvalue weighted by molar-refractivity contribution is 0.276. The minimum absolute atomic E-state index is 0.209. The highest BCUT2D eigenvalue weighted by atomic mass is 32.2. The van der Waals surface area contributed by atoms with Crippen molar-refractivity contribution >= 4 is 20.0 Å². The van der Waals surface area contributed by atoms with Crippen LogP contribution in [-0.4, -0.2) is 28.2 Å². The molecule has 3 rings (SSSR count).